The Hall–Kier alpha value is -2.56. The molecule has 0 aliphatic carbocycles. The topological polar surface area (TPSA) is 72.5 Å². The number of aryl methyl sites for hydroxylation is 1. The molecule has 0 saturated carbocycles. The van der Waals surface area contributed by atoms with Gasteiger partial charge in [-0.15, -0.1) is 0 Å². The van der Waals surface area contributed by atoms with Gasteiger partial charge >= 0.3 is 0 Å². The number of pyridine rings is 1. The summed E-state index contributed by atoms with van der Waals surface area (Å²) in [5.41, 5.74) is 9.42. The monoisotopic (exact) mass is 296 g/mol. The molecular weight excluding hydrogens is 276 g/mol. The Balaban J connectivity index is 1.69. The van der Waals surface area contributed by atoms with E-state index in [1.54, 1.807) is 6.20 Å². The van der Waals surface area contributed by atoms with Crippen LogP contribution in [0, 0.1) is 6.92 Å². The van der Waals surface area contributed by atoms with E-state index in [1.165, 1.54) is 5.56 Å². The smallest absolute Gasteiger partial charge is 0.189 e. The first-order valence-electron chi connectivity index (χ1n) is 7.41. The molecule has 0 fully saturated rings. The van der Waals surface area contributed by atoms with Crippen LogP contribution in [0.3, 0.4) is 0 Å². The fraction of sp³-hybridized carbons (Fsp3) is 0.294. The van der Waals surface area contributed by atoms with Gasteiger partial charge in [-0.2, -0.15) is 0 Å². The van der Waals surface area contributed by atoms with Gasteiger partial charge < -0.3 is 15.8 Å². The average Bonchev–Trinajstić information content (AvgIpc) is 2.54. The van der Waals surface area contributed by atoms with Crippen molar-refractivity contribution in [3.63, 3.8) is 0 Å². The number of benzene rings is 1. The van der Waals surface area contributed by atoms with Crippen LogP contribution in [0.25, 0.3) is 0 Å². The number of fused-ring (bicyclic) bond motifs is 1. The molecular formula is C17H20N4O. The van der Waals surface area contributed by atoms with Gasteiger partial charge in [0.2, 0.25) is 0 Å². The van der Waals surface area contributed by atoms with Crippen LogP contribution in [0.2, 0.25) is 0 Å². The number of aromatic nitrogens is 1. The molecule has 0 spiro atoms. The Morgan fingerprint density at radius 2 is 2.27 bits per heavy atom. The van der Waals surface area contributed by atoms with Crippen molar-refractivity contribution in [2.24, 2.45) is 10.7 Å². The summed E-state index contributed by atoms with van der Waals surface area (Å²) in [6.45, 7) is 3.26. The van der Waals surface area contributed by atoms with E-state index in [2.05, 4.69) is 21.4 Å². The molecule has 22 heavy (non-hydrogen) atoms. The summed E-state index contributed by atoms with van der Waals surface area (Å²) >= 11 is 0. The van der Waals surface area contributed by atoms with Gasteiger partial charge in [-0.3, -0.25) is 4.98 Å². The summed E-state index contributed by atoms with van der Waals surface area (Å²) < 4.78 is 5.65. The lowest BCUT2D eigenvalue weighted by Gasteiger charge is -2.26. The molecule has 1 aromatic heterocycles. The van der Waals surface area contributed by atoms with E-state index in [4.69, 9.17) is 10.5 Å². The van der Waals surface area contributed by atoms with E-state index in [0.29, 0.717) is 19.1 Å². The fourth-order valence-corrected chi connectivity index (χ4v) is 2.55. The summed E-state index contributed by atoms with van der Waals surface area (Å²) in [5, 5.41) is 3.29. The first-order valence-corrected chi connectivity index (χ1v) is 7.41. The lowest BCUT2D eigenvalue weighted by atomic mass is 10.0. The molecule has 2 aromatic rings. The summed E-state index contributed by atoms with van der Waals surface area (Å²) in [6.07, 6.45) is 4.48. The Bertz CT molecular complexity index is 684. The minimum atomic E-state index is 0.142. The minimum Gasteiger partial charge on any atom is -0.493 e. The van der Waals surface area contributed by atoms with E-state index in [9.17, 15) is 0 Å². The SMILES string of the molecule is Cc1ccncc1CN=C(N)NC1CCOc2ccccc21. The van der Waals surface area contributed by atoms with Crippen LogP contribution >= 0.6 is 0 Å². The number of rotatable bonds is 3. The average molecular weight is 296 g/mol. The van der Waals surface area contributed by atoms with Crippen molar-refractivity contribution < 1.29 is 4.74 Å². The molecule has 1 aliphatic heterocycles. The number of nitrogens with zero attached hydrogens (tertiary/aromatic N) is 2. The Morgan fingerprint density at radius 3 is 3.14 bits per heavy atom. The van der Waals surface area contributed by atoms with Crippen molar-refractivity contribution in [3.8, 4) is 5.75 Å². The first-order chi connectivity index (χ1) is 10.7. The van der Waals surface area contributed by atoms with Gasteiger partial charge in [-0.05, 0) is 30.2 Å². The quantitative estimate of drug-likeness (QED) is 0.673. The van der Waals surface area contributed by atoms with Crippen molar-refractivity contribution in [1.29, 1.82) is 0 Å². The number of guanidine groups is 1. The maximum absolute atomic E-state index is 6.04. The van der Waals surface area contributed by atoms with Gasteiger partial charge in [0.1, 0.15) is 5.75 Å². The van der Waals surface area contributed by atoms with Crippen molar-refractivity contribution in [2.75, 3.05) is 6.61 Å². The van der Waals surface area contributed by atoms with Crippen molar-refractivity contribution in [1.82, 2.24) is 10.3 Å². The zero-order valence-corrected chi connectivity index (χ0v) is 12.6. The fourth-order valence-electron chi connectivity index (χ4n) is 2.55. The van der Waals surface area contributed by atoms with E-state index in [1.807, 2.05) is 37.4 Å². The minimum absolute atomic E-state index is 0.142. The third-order valence-corrected chi connectivity index (χ3v) is 3.85. The van der Waals surface area contributed by atoms with Crippen LogP contribution in [0.15, 0.2) is 47.7 Å². The Labute approximate surface area is 130 Å². The Morgan fingerprint density at radius 1 is 1.41 bits per heavy atom. The molecule has 5 heteroatoms. The standard InChI is InChI=1S/C17H20N4O/c1-12-6-8-19-10-13(12)11-20-17(18)21-15-7-9-22-16-5-3-2-4-14(15)16/h2-6,8,10,15H,7,9,11H2,1H3,(H3,18,20,21). The first kappa shape index (κ1) is 14.4. The zero-order chi connectivity index (χ0) is 15.4. The molecule has 5 nitrogen and oxygen atoms in total. The normalized spacial score (nSPS) is 17.5. The molecule has 0 bridgehead atoms. The summed E-state index contributed by atoms with van der Waals surface area (Å²) in [4.78, 5) is 8.55. The maximum Gasteiger partial charge on any atom is 0.189 e. The highest BCUT2D eigenvalue weighted by molar-refractivity contribution is 5.78. The highest BCUT2D eigenvalue weighted by atomic mass is 16.5. The number of para-hydroxylation sites is 1. The number of aliphatic imine (C=N–C) groups is 1. The molecule has 3 N–H and O–H groups in total. The van der Waals surface area contributed by atoms with Gasteiger partial charge in [-0.25, -0.2) is 4.99 Å². The lowest BCUT2D eigenvalue weighted by Crippen LogP contribution is -2.37. The summed E-state index contributed by atoms with van der Waals surface area (Å²) in [6, 6.07) is 10.1. The van der Waals surface area contributed by atoms with Crippen molar-refractivity contribution in [3.05, 3.63) is 59.4 Å². The molecule has 2 heterocycles. The largest absolute Gasteiger partial charge is 0.493 e. The lowest BCUT2D eigenvalue weighted by molar-refractivity contribution is 0.262. The molecule has 1 atom stereocenters. The highest BCUT2D eigenvalue weighted by Gasteiger charge is 2.21. The molecule has 0 amide bonds. The predicted molar refractivity (Wildman–Crippen MR) is 86.7 cm³/mol. The van der Waals surface area contributed by atoms with E-state index >= 15 is 0 Å². The molecule has 1 aliphatic rings. The van der Waals surface area contributed by atoms with Gasteiger partial charge in [0.25, 0.3) is 0 Å². The molecule has 3 rings (SSSR count). The van der Waals surface area contributed by atoms with Crippen LogP contribution < -0.4 is 15.8 Å². The number of hydrogen-bond acceptors (Lipinski definition) is 3. The second-order valence-electron chi connectivity index (χ2n) is 5.38. The number of hydrogen-bond donors (Lipinski definition) is 2. The molecule has 0 radical (unpaired) electrons. The van der Waals surface area contributed by atoms with Crippen molar-refractivity contribution in [2.45, 2.75) is 25.9 Å². The summed E-state index contributed by atoms with van der Waals surface area (Å²) in [7, 11) is 0. The van der Waals surface area contributed by atoms with Gasteiger partial charge in [0.05, 0.1) is 19.2 Å². The second-order valence-corrected chi connectivity index (χ2v) is 5.38. The molecule has 1 aromatic carbocycles. The number of nitrogens with two attached hydrogens (primary N) is 1. The zero-order valence-electron chi connectivity index (χ0n) is 12.6. The molecule has 1 unspecified atom stereocenters. The maximum atomic E-state index is 6.04. The van der Waals surface area contributed by atoms with E-state index in [0.717, 1.165) is 23.3 Å². The van der Waals surface area contributed by atoms with Gasteiger partial charge in [-0.1, -0.05) is 18.2 Å². The summed E-state index contributed by atoms with van der Waals surface area (Å²) in [5.74, 6) is 1.37. The number of ether oxygens (including phenoxy) is 1. The second kappa shape index (κ2) is 6.47. The van der Waals surface area contributed by atoms with E-state index < -0.39 is 0 Å². The van der Waals surface area contributed by atoms with Crippen LogP contribution in [0.4, 0.5) is 0 Å². The highest BCUT2D eigenvalue weighted by Crippen LogP contribution is 2.31. The third-order valence-electron chi connectivity index (χ3n) is 3.85. The van der Waals surface area contributed by atoms with Crippen LogP contribution in [-0.4, -0.2) is 17.6 Å². The number of nitrogens with one attached hydrogen (secondary N) is 1. The van der Waals surface area contributed by atoms with Crippen LogP contribution in [-0.2, 0) is 6.54 Å². The van der Waals surface area contributed by atoms with Crippen LogP contribution in [0.1, 0.15) is 29.2 Å². The van der Waals surface area contributed by atoms with E-state index in [-0.39, 0.29) is 6.04 Å². The van der Waals surface area contributed by atoms with Gasteiger partial charge in [0, 0.05) is 24.4 Å². The molecule has 0 saturated heterocycles. The Kier molecular flexibility index (Phi) is 4.23. The van der Waals surface area contributed by atoms with Gasteiger partial charge in [0.15, 0.2) is 5.96 Å². The van der Waals surface area contributed by atoms with Crippen LogP contribution in [0.5, 0.6) is 5.75 Å². The predicted octanol–water partition coefficient (Wildman–Crippen LogP) is 2.32. The third kappa shape index (κ3) is 3.19. The van der Waals surface area contributed by atoms with Crippen molar-refractivity contribution >= 4 is 5.96 Å². The molecule has 114 valence electrons.